The molecule has 0 aliphatic heterocycles. The summed E-state index contributed by atoms with van der Waals surface area (Å²) in [5.74, 6) is 0.00852. The maximum absolute atomic E-state index is 12.3. The van der Waals surface area contributed by atoms with Crippen molar-refractivity contribution in [3.8, 4) is 0 Å². The first-order valence-corrected chi connectivity index (χ1v) is 6.75. The first kappa shape index (κ1) is 12.0. The lowest BCUT2D eigenvalue weighted by atomic mass is 9.88. The summed E-state index contributed by atoms with van der Waals surface area (Å²) in [5.41, 5.74) is 3.35. The molecule has 19 heavy (non-hydrogen) atoms. The third-order valence-electron chi connectivity index (χ3n) is 3.85. The highest BCUT2D eigenvalue weighted by molar-refractivity contribution is 5.93. The number of carbonyl (C=O) groups excluding carboxylic acids is 1. The van der Waals surface area contributed by atoms with Crippen molar-refractivity contribution in [2.75, 3.05) is 0 Å². The monoisotopic (exact) mass is 254 g/mol. The number of hydrogen-bond acceptors (Lipinski definition) is 1. The standard InChI is InChI=1S/C16H18N2O/c1-18-11-5-10-15(18)16(19)17-14-9-4-7-12-6-2-3-8-13(12)14/h2-3,5-6,8,10-11,14H,4,7,9H2,1H3,(H,17,19). The molecule has 3 heteroatoms. The van der Waals surface area contributed by atoms with Gasteiger partial charge in [0.2, 0.25) is 0 Å². The van der Waals surface area contributed by atoms with Gasteiger partial charge in [-0.05, 0) is 42.5 Å². The summed E-state index contributed by atoms with van der Waals surface area (Å²) >= 11 is 0. The second-order valence-corrected chi connectivity index (χ2v) is 5.12. The van der Waals surface area contributed by atoms with E-state index in [1.165, 1.54) is 11.1 Å². The molecule has 1 atom stereocenters. The normalized spacial score (nSPS) is 17.8. The summed E-state index contributed by atoms with van der Waals surface area (Å²) in [6.45, 7) is 0. The van der Waals surface area contributed by atoms with Crippen LogP contribution >= 0.6 is 0 Å². The molecule has 0 saturated carbocycles. The smallest absolute Gasteiger partial charge is 0.268 e. The first-order valence-electron chi connectivity index (χ1n) is 6.75. The molecule has 1 amide bonds. The fraction of sp³-hybridized carbons (Fsp3) is 0.312. The average Bonchev–Trinajstić information content (AvgIpc) is 2.85. The zero-order chi connectivity index (χ0) is 13.2. The number of aryl methyl sites for hydroxylation is 2. The maximum atomic E-state index is 12.3. The van der Waals surface area contributed by atoms with Crippen molar-refractivity contribution in [3.05, 3.63) is 59.4 Å². The van der Waals surface area contributed by atoms with Gasteiger partial charge < -0.3 is 9.88 Å². The van der Waals surface area contributed by atoms with Gasteiger partial charge in [-0.1, -0.05) is 24.3 Å². The fourth-order valence-corrected chi connectivity index (χ4v) is 2.83. The van der Waals surface area contributed by atoms with E-state index in [4.69, 9.17) is 0 Å². The van der Waals surface area contributed by atoms with Crippen LogP contribution < -0.4 is 5.32 Å². The number of fused-ring (bicyclic) bond motifs is 1. The van der Waals surface area contributed by atoms with E-state index in [1.54, 1.807) is 0 Å². The molecule has 0 fully saturated rings. The van der Waals surface area contributed by atoms with Crippen molar-refractivity contribution in [1.29, 1.82) is 0 Å². The molecule has 0 saturated heterocycles. The molecule has 3 nitrogen and oxygen atoms in total. The molecule has 1 aliphatic carbocycles. The molecule has 0 radical (unpaired) electrons. The number of carbonyl (C=O) groups is 1. The molecular formula is C16H18N2O. The molecule has 98 valence electrons. The predicted molar refractivity (Wildman–Crippen MR) is 75.0 cm³/mol. The van der Waals surface area contributed by atoms with E-state index in [-0.39, 0.29) is 11.9 Å². The number of hydrogen-bond donors (Lipinski definition) is 1. The van der Waals surface area contributed by atoms with E-state index < -0.39 is 0 Å². The van der Waals surface area contributed by atoms with Crippen molar-refractivity contribution >= 4 is 5.91 Å². The summed E-state index contributed by atoms with van der Waals surface area (Å²) in [5, 5.41) is 3.16. The Kier molecular flexibility index (Phi) is 3.11. The Hall–Kier alpha value is -2.03. The van der Waals surface area contributed by atoms with Gasteiger partial charge in [-0.2, -0.15) is 0 Å². The Morgan fingerprint density at radius 3 is 2.89 bits per heavy atom. The minimum absolute atomic E-state index is 0.00852. The second-order valence-electron chi connectivity index (χ2n) is 5.12. The van der Waals surface area contributed by atoms with Crippen molar-refractivity contribution in [3.63, 3.8) is 0 Å². The molecule has 1 heterocycles. The van der Waals surface area contributed by atoms with Crippen LogP contribution in [0.3, 0.4) is 0 Å². The molecule has 0 bridgehead atoms. The van der Waals surface area contributed by atoms with E-state index in [1.807, 2.05) is 36.0 Å². The minimum atomic E-state index is 0.00852. The van der Waals surface area contributed by atoms with E-state index in [0.29, 0.717) is 5.69 Å². The lowest BCUT2D eigenvalue weighted by Crippen LogP contribution is -2.32. The molecule has 1 aromatic carbocycles. The maximum Gasteiger partial charge on any atom is 0.268 e. The van der Waals surface area contributed by atoms with Crippen LogP contribution in [0.4, 0.5) is 0 Å². The zero-order valence-electron chi connectivity index (χ0n) is 11.1. The van der Waals surface area contributed by atoms with Gasteiger partial charge in [0.1, 0.15) is 5.69 Å². The second kappa shape index (κ2) is 4.92. The van der Waals surface area contributed by atoms with Crippen molar-refractivity contribution in [1.82, 2.24) is 9.88 Å². The summed E-state index contributed by atoms with van der Waals surface area (Å²) in [4.78, 5) is 12.3. The van der Waals surface area contributed by atoms with Crippen LogP contribution in [0.15, 0.2) is 42.6 Å². The van der Waals surface area contributed by atoms with Gasteiger partial charge in [-0.25, -0.2) is 0 Å². The molecular weight excluding hydrogens is 236 g/mol. The highest BCUT2D eigenvalue weighted by Crippen LogP contribution is 2.29. The SMILES string of the molecule is Cn1cccc1C(=O)NC1CCCc2ccccc21. The third kappa shape index (κ3) is 2.28. The van der Waals surface area contributed by atoms with Gasteiger partial charge in [-0.15, -0.1) is 0 Å². The Labute approximate surface area is 113 Å². The fourth-order valence-electron chi connectivity index (χ4n) is 2.83. The quantitative estimate of drug-likeness (QED) is 0.878. The summed E-state index contributed by atoms with van der Waals surface area (Å²) < 4.78 is 1.85. The number of aromatic nitrogens is 1. The van der Waals surface area contributed by atoms with Crippen LogP contribution in [0.1, 0.15) is 40.5 Å². The summed E-state index contributed by atoms with van der Waals surface area (Å²) in [6, 6.07) is 12.3. The lowest BCUT2D eigenvalue weighted by Gasteiger charge is -2.26. The highest BCUT2D eigenvalue weighted by atomic mass is 16.2. The summed E-state index contributed by atoms with van der Waals surface area (Å²) in [6.07, 6.45) is 5.17. The van der Waals surface area contributed by atoms with Gasteiger partial charge in [0.25, 0.3) is 5.91 Å². The van der Waals surface area contributed by atoms with Crippen LogP contribution in [-0.4, -0.2) is 10.5 Å². The average molecular weight is 254 g/mol. The zero-order valence-corrected chi connectivity index (χ0v) is 11.1. The van der Waals surface area contributed by atoms with Crippen LogP contribution in [-0.2, 0) is 13.5 Å². The third-order valence-corrected chi connectivity index (χ3v) is 3.85. The van der Waals surface area contributed by atoms with E-state index in [9.17, 15) is 4.79 Å². The molecule has 1 aromatic heterocycles. The molecule has 2 aromatic rings. The lowest BCUT2D eigenvalue weighted by molar-refractivity contribution is 0.0924. The van der Waals surface area contributed by atoms with Crippen molar-refractivity contribution < 1.29 is 4.79 Å². The van der Waals surface area contributed by atoms with Gasteiger partial charge >= 0.3 is 0 Å². The molecule has 3 rings (SSSR count). The van der Waals surface area contributed by atoms with Crippen molar-refractivity contribution in [2.45, 2.75) is 25.3 Å². The van der Waals surface area contributed by atoms with Crippen LogP contribution in [0.25, 0.3) is 0 Å². The predicted octanol–water partition coefficient (Wildman–Crippen LogP) is 2.83. The minimum Gasteiger partial charge on any atom is -0.347 e. The van der Waals surface area contributed by atoms with Gasteiger partial charge in [0, 0.05) is 13.2 Å². The topological polar surface area (TPSA) is 34.0 Å². The van der Waals surface area contributed by atoms with E-state index in [2.05, 4.69) is 23.5 Å². The number of benzene rings is 1. The molecule has 1 N–H and O–H groups in total. The van der Waals surface area contributed by atoms with Crippen LogP contribution in [0.5, 0.6) is 0 Å². The number of nitrogens with one attached hydrogen (secondary N) is 1. The Balaban J connectivity index is 1.82. The van der Waals surface area contributed by atoms with Crippen LogP contribution in [0.2, 0.25) is 0 Å². The Bertz CT molecular complexity index is 600. The Morgan fingerprint density at radius 2 is 2.11 bits per heavy atom. The largest absolute Gasteiger partial charge is 0.347 e. The first-order chi connectivity index (χ1) is 9.25. The van der Waals surface area contributed by atoms with E-state index >= 15 is 0 Å². The highest BCUT2D eigenvalue weighted by Gasteiger charge is 2.22. The van der Waals surface area contributed by atoms with Gasteiger partial charge in [-0.3, -0.25) is 4.79 Å². The number of amides is 1. The molecule has 1 aliphatic rings. The van der Waals surface area contributed by atoms with Gasteiger partial charge in [0.15, 0.2) is 0 Å². The summed E-state index contributed by atoms with van der Waals surface area (Å²) in [7, 11) is 1.89. The Morgan fingerprint density at radius 1 is 1.26 bits per heavy atom. The number of rotatable bonds is 2. The van der Waals surface area contributed by atoms with Crippen LogP contribution in [0, 0.1) is 0 Å². The number of nitrogens with zero attached hydrogens (tertiary/aromatic N) is 1. The van der Waals surface area contributed by atoms with Crippen molar-refractivity contribution in [2.24, 2.45) is 7.05 Å². The molecule has 0 spiro atoms. The van der Waals surface area contributed by atoms with E-state index in [0.717, 1.165) is 19.3 Å². The van der Waals surface area contributed by atoms with Gasteiger partial charge in [0.05, 0.1) is 6.04 Å². The molecule has 1 unspecified atom stereocenters.